The molecule has 5 nitrogen and oxygen atoms in total. The van der Waals surface area contributed by atoms with E-state index in [1.165, 1.54) is 26.0 Å². The SMILES string of the molecule is CCC(C(=O)Nc1c(C)cc(F)cc1C(=O)OC)[N+]1(CC)CCCCCC1. The van der Waals surface area contributed by atoms with Crippen molar-refractivity contribution in [2.24, 2.45) is 0 Å². The molecule has 1 saturated heterocycles. The third-order valence-electron chi connectivity index (χ3n) is 5.89. The van der Waals surface area contributed by atoms with Gasteiger partial charge in [-0.1, -0.05) is 6.92 Å². The predicted octanol–water partition coefficient (Wildman–Crippen LogP) is 4.05. The van der Waals surface area contributed by atoms with E-state index in [1.54, 1.807) is 6.92 Å². The van der Waals surface area contributed by atoms with E-state index in [0.29, 0.717) is 17.7 Å². The van der Waals surface area contributed by atoms with Gasteiger partial charge in [0.2, 0.25) is 0 Å². The monoisotopic (exact) mass is 379 g/mol. The highest BCUT2D eigenvalue weighted by atomic mass is 19.1. The first kappa shape index (κ1) is 21.4. The van der Waals surface area contributed by atoms with Crippen LogP contribution in [0.2, 0.25) is 0 Å². The molecule has 1 unspecified atom stereocenters. The first-order valence-corrected chi connectivity index (χ1v) is 9.93. The molecule has 1 amide bonds. The molecule has 0 aliphatic carbocycles. The van der Waals surface area contributed by atoms with Crippen LogP contribution in [0.1, 0.15) is 61.9 Å². The Hall–Kier alpha value is -1.95. The van der Waals surface area contributed by atoms with Crippen molar-refractivity contribution in [2.75, 3.05) is 32.1 Å². The normalized spacial score (nSPS) is 17.7. The van der Waals surface area contributed by atoms with Gasteiger partial charge in [-0.2, -0.15) is 0 Å². The molecule has 1 atom stereocenters. The lowest BCUT2D eigenvalue weighted by atomic mass is 10.0. The van der Waals surface area contributed by atoms with Crippen LogP contribution in [0.3, 0.4) is 0 Å². The fourth-order valence-corrected chi connectivity index (χ4v) is 4.37. The Bertz CT molecular complexity index is 682. The second-order valence-corrected chi connectivity index (χ2v) is 7.45. The molecule has 0 aromatic heterocycles. The molecule has 6 heteroatoms. The Morgan fingerprint density at radius 1 is 1.19 bits per heavy atom. The number of nitrogens with zero attached hydrogens (tertiary/aromatic N) is 1. The molecule has 0 saturated carbocycles. The standard InChI is InChI=1S/C21H31FN2O3/c1-5-18(24(6-2)11-9-7-8-10-12-24)20(25)23-19-15(3)13-16(22)14-17(19)21(26)27-4/h13-14,18H,5-12H2,1-4H3/p+1. The van der Waals surface area contributed by atoms with Crippen molar-refractivity contribution >= 4 is 17.6 Å². The van der Waals surface area contributed by atoms with Crippen LogP contribution in [0.5, 0.6) is 0 Å². The number of quaternary nitrogens is 1. The summed E-state index contributed by atoms with van der Waals surface area (Å²) in [5.41, 5.74) is 0.908. The lowest BCUT2D eigenvalue weighted by molar-refractivity contribution is -0.940. The van der Waals surface area contributed by atoms with Gasteiger partial charge in [0.05, 0.1) is 38.0 Å². The molecular formula is C21H32FN2O3+. The predicted molar refractivity (Wildman–Crippen MR) is 104 cm³/mol. The van der Waals surface area contributed by atoms with Crippen molar-refractivity contribution in [1.82, 2.24) is 0 Å². The molecular weight excluding hydrogens is 347 g/mol. The van der Waals surface area contributed by atoms with Crippen LogP contribution >= 0.6 is 0 Å². The molecule has 1 aliphatic heterocycles. The number of likely N-dealkylation sites (tertiary alicyclic amines) is 1. The third-order valence-corrected chi connectivity index (χ3v) is 5.89. The van der Waals surface area contributed by atoms with E-state index >= 15 is 0 Å². The molecule has 27 heavy (non-hydrogen) atoms. The van der Waals surface area contributed by atoms with Crippen molar-refractivity contribution in [3.63, 3.8) is 0 Å². The van der Waals surface area contributed by atoms with Crippen LogP contribution in [0, 0.1) is 12.7 Å². The molecule has 1 aliphatic rings. The summed E-state index contributed by atoms with van der Waals surface area (Å²) in [5.74, 6) is -1.29. The van der Waals surface area contributed by atoms with E-state index in [1.807, 2.05) is 6.92 Å². The maximum Gasteiger partial charge on any atom is 0.340 e. The van der Waals surface area contributed by atoms with Gasteiger partial charge in [0, 0.05) is 6.42 Å². The number of amides is 1. The average molecular weight is 379 g/mol. The van der Waals surface area contributed by atoms with Crippen LogP contribution < -0.4 is 5.32 Å². The Morgan fingerprint density at radius 3 is 2.33 bits per heavy atom. The topological polar surface area (TPSA) is 55.4 Å². The summed E-state index contributed by atoms with van der Waals surface area (Å²) in [6.45, 7) is 8.75. The van der Waals surface area contributed by atoms with Gasteiger partial charge in [-0.15, -0.1) is 0 Å². The van der Waals surface area contributed by atoms with Gasteiger partial charge in [-0.3, -0.25) is 4.79 Å². The number of halogens is 1. The Balaban J connectivity index is 2.35. The van der Waals surface area contributed by atoms with Crippen molar-refractivity contribution in [1.29, 1.82) is 0 Å². The largest absolute Gasteiger partial charge is 0.465 e. The number of rotatable bonds is 6. The van der Waals surface area contributed by atoms with E-state index in [0.717, 1.165) is 43.0 Å². The highest BCUT2D eigenvalue weighted by Crippen LogP contribution is 2.28. The number of anilines is 1. The third kappa shape index (κ3) is 4.67. The lowest BCUT2D eigenvalue weighted by Crippen LogP contribution is -2.60. The first-order valence-electron chi connectivity index (χ1n) is 9.93. The summed E-state index contributed by atoms with van der Waals surface area (Å²) in [7, 11) is 1.25. The van der Waals surface area contributed by atoms with Gasteiger partial charge >= 0.3 is 5.97 Å². The summed E-state index contributed by atoms with van der Waals surface area (Å²) >= 11 is 0. The van der Waals surface area contributed by atoms with E-state index in [4.69, 9.17) is 4.74 Å². The van der Waals surface area contributed by atoms with Crippen molar-refractivity contribution in [3.05, 3.63) is 29.1 Å². The quantitative estimate of drug-likeness (QED) is 0.599. The van der Waals surface area contributed by atoms with Crippen LogP contribution in [-0.4, -0.2) is 49.1 Å². The number of esters is 1. The van der Waals surface area contributed by atoms with Crippen LogP contribution in [0.25, 0.3) is 0 Å². The van der Waals surface area contributed by atoms with E-state index in [-0.39, 0.29) is 17.5 Å². The minimum atomic E-state index is -0.657. The van der Waals surface area contributed by atoms with Crippen molar-refractivity contribution < 1.29 is 23.2 Å². The molecule has 0 radical (unpaired) electrons. The lowest BCUT2D eigenvalue weighted by Gasteiger charge is -2.42. The number of likely N-dealkylation sites (N-methyl/N-ethyl adjacent to an activating group) is 1. The summed E-state index contributed by atoms with van der Waals surface area (Å²) < 4.78 is 19.3. The maximum absolute atomic E-state index is 13.8. The second-order valence-electron chi connectivity index (χ2n) is 7.45. The summed E-state index contributed by atoms with van der Waals surface area (Å²) in [6.07, 6.45) is 5.39. The molecule has 1 fully saturated rings. The van der Waals surface area contributed by atoms with E-state index in [2.05, 4.69) is 12.2 Å². The van der Waals surface area contributed by atoms with Crippen LogP contribution in [-0.2, 0) is 9.53 Å². The number of hydrogen-bond donors (Lipinski definition) is 1. The van der Waals surface area contributed by atoms with Gasteiger partial charge < -0.3 is 14.5 Å². The maximum atomic E-state index is 13.8. The highest BCUT2D eigenvalue weighted by molar-refractivity contribution is 6.03. The number of methoxy groups -OCH3 is 1. The Kier molecular flexibility index (Phi) is 7.36. The van der Waals surface area contributed by atoms with Gasteiger partial charge in [-0.25, -0.2) is 9.18 Å². The van der Waals surface area contributed by atoms with Crippen LogP contribution in [0.15, 0.2) is 12.1 Å². The number of aryl methyl sites for hydroxylation is 1. The van der Waals surface area contributed by atoms with Crippen molar-refractivity contribution in [3.8, 4) is 0 Å². The molecule has 0 bridgehead atoms. The zero-order valence-corrected chi connectivity index (χ0v) is 16.9. The van der Waals surface area contributed by atoms with Gasteiger partial charge in [0.15, 0.2) is 6.04 Å². The van der Waals surface area contributed by atoms with Gasteiger partial charge in [-0.05, 0) is 57.2 Å². The molecule has 2 rings (SSSR count). The molecule has 1 aromatic rings. The molecule has 0 spiro atoms. The van der Waals surface area contributed by atoms with Crippen molar-refractivity contribution in [2.45, 2.75) is 58.9 Å². The number of hydrogen-bond acceptors (Lipinski definition) is 3. The number of ether oxygens (including phenoxy) is 1. The molecule has 1 aromatic carbocycles. The fourth-order valence-electron chi connectivity index (χ4n) is 4.37. The molecule has 1 N–H and O–H groups in total. The smallest absolute Gasteiger partial charge is 0.340 e. The number of benzene rings is 1. The number of carbonyl (C=O) groups is 2. The van der Waals surface area contributed by atoms with E-state index in [9.17, 15) is 14.0 Å². The van der Waals surface area contributed by atoms with E-state index < -0.39 is 11.8 Å². The number of nitrogens with one attached hydrogen (secondary N) is 1. The van der Waals surface area contributed by atoms with Gasteiger partial charge in [0.25, 0.3) is 5.91 Å². The zero-order valence-electron chi connectivity index (χ0n) is 16.9. The fraction of sp³-hybridized carbons (Fsp3) is 0.619. The molecule has 150 valence electrons. The summed E-state index contributed by atoms with van der Waals surface area (Å²) in [5, 5.41) is 2.93. The number of carbonyl (C=O) groups excluding carboxylic acids is 2. The zero-order chi connectivity index (χ0) is 20.0. The summed E-state index contributed by atoms with van der Waals surface area (Å²) in [6, 6.07) is 2.24. The average Bonchev–Trinajstić information content (AvgIpc) is 2.90. The van der Waals surface area contributed by atoms with Gasteiger partial charge in [0.1, 0.15) is 5.82 Å². The molecule has 1 heterocycles. The highest BCUT2D eigenvalue weighted by Gasteiger charge is 2.40. The van der Waals surface area contributed by atoms with Crippen LogP contribution in [0.4, 0.5) is 10.1 Å². The Labute approximate surface area is 161 Å². The first-order chi connectivity index (χ1) is 12.9. The Morgan fingerprint density at radius 2 is 1.81 bits per heavy atom. The minimum Gasteiger partial charge on any atom is -0.465 e. The summed E-state index contributed by atoms with van der Waals surface area (Å²) in [4.78, 5) is 25.3. The second kappa shape index (κ2) is 9.31. The minimum absolute atomic E-state index is 0.0529.